The first-order valence-electron chi connectivity index (χ1n) is 18.8. The summed E-state index contributed by atoms with van der Waals surface area (Å²) in [6.45, 7) is 16.0. The van der Waals surface area contributed by atoms with Crippen LogP contribution in [0.15, 0.2) is 58.0 Å². The van der Waals surface area contributed by atoms with Crippen LogP contribution in [0.3, 0.4) is 0 Å². The van der Waals surface area contributed by atoms with E-state index in [9.17, 15) is 25.4 Å². The van der Waals surface area contributed by atoms with Gasteiger partial charge in [0, 0.05) is 50.6 Å². The topological polar surface area (TPSA) is 167 Å². The number of nitrogens with zero attached hydrogens (tertiary/aromatic N) is 5. The van der Waals surface area contributed by atoms with Crippen LogP contribution in [0, 0.1) is 44.8 Å². The number of carbonyl (C=O) groups excluding carboxylic acids is 2. The summed E-state index contributed by atoms with van der Waals surface area (Å²) in [5.74, 6) is -1.12. The number of hydrogen-bond donors (Lipinski definition) is 0. The summed E-state index contributed by atoms with van der Waals surface area (Å²) in [6.07, 6.45) is 7.44. The van der Waals surface area contributed by atoms with Crippen molar-refractivity contribution in [3.8, 4) is 18.2 Å². The number of esters is 2. The Morgan fingerprint density at radius 2 is 1.57 bits per heavy atom. The molecule has 2 unspecified atom stereocenters. The van der Waals surface area contributed by atoms with Gasteiger partial charge >= 0.3 is 11.9 Å². The lowest BCUT2D eigenvalue weighted by molar-refractivity contribution is -0.142. The quantitative estimate of drug-likeness (QED) is 0.0612. The van der Waals surface area contributed by atoms with Crippen LogP contribution in [0.4, 0.5) is 0 Å². The molecule has 54 heavy (non-hydrogen) atoms. The first-order chi connectivity index (χ1) is 25.8. The third-order valence-corrected chi connectivity index (χ3v) is 10.0. The summed E-state index contributed by atoms with van der Waals surface area (Å²) in [7, 11) is 1.45. The van der Waals surface area contributed by atoms with Crippen LogP contribution in [0.5, 0.6) is 0 Å². The molecule has 4 rings (SSSR count). The van der Waals surface area contributed by atoms with Crippen LogP contribution in [0.1, 0.15) is 72.6 Å². The van der Waals surface area contributed by atoms with Crippen LogP contribution in [0.2, 0.25) is 0 Å². The standard InChI is InChI=1S/C41H55N5O8/c1-7-37(47)54-31-10-13-46(28-31)36-24-41(4,5)23-32(34(36)26-43)35(27-44)39(49-6)53-19-17-51-15-14-50-16-18-52-38(48)33(25-42)29-20-30(22-40(2,3)21-29)45-11-8-9-12-45/h7,20,31,39H,1,8-19,21-24,28H2,2-6H3/b33-29-,35-32+. The van der Waals surface area contributed by atoms with E-state index in [1.807, 2.05) is 6.08 Å². The van der Waals surface area contributed by atoms with Crippen molar-refractivity contribution >= 4 is 11.9 Å². The van der Waals surface area contributed by atoms with Gasteiger partial charge in [-0.3, -0.25) is 0 Å². The molecule has 4 aliphatic rings. The Bertz CT molecular complexity index is 1650. The smallest absolute Gasteiger partial charge is 0.349 e. The van der Waals surface area contributed by atoms with Gasteiger partial charge in [0.25, 0.3) is 0 Å². The molecule has 0 bridgehead atoms. The molecular formula is C41H55N5O8. The van der Waals surface area contributed by atoms with Crippen molar-refractivity contribution in [3.63, 3.8) is 0 Å². The number of rotatable bonds is 17. The van der Waals surface area contributed by atoms with E-state index in [0.29, 0.717) is 49.9 Å². The minimum Gasteiger partial charge on any atom is -0.459 e. The van der Waals surface area contributed by atoms with E-state index in [-0.39, 0.29) is 67.7 Å². The number of carbonyl (C=O) groups is 2. The number of allylic oxidation sites excluding steroid dienone is 6. The maximum Gasteiger partial charge on any atom is 0.349 e. The van der Waals surface area contributed by atoms with Crippen molar-refractivity contribution in [2.24, 2.45) is 10.8 Å². The molecule has 0 N–H and O–H groups in total. The highest BCUT2D eigenvalue weighted by Crippen LogP contribution is 2.45. The Kier molecular flexibility index (Phi) is 15.5. The fourth-order valence-electron chi connectivity index (χ4n) is 7.58. The van der Waals surface area contributed by atoms with Crippen molar-refractivity contribution in [3.05, 3.63) is 58.0 Å². The van der Waals surface area contributed by atoms with Gasteiger partial charge in [-0.25, -0.2) is 9.59 Å². The van der Waals surface area contributed by atoms with Gasteiger partial charge in [-0.15, -0.1) is 0 Å². The largest absolute Gasteiger partial charge is 0.459 e. The Hall–Kier alpha value is -4.45. The molecule has 13 heteroatoms. The zero-order valence-electron chi connectivity index (χ0n) is 32.5. The van der Waals surface area contributed by atoms with Gasteiger partial charge in [0.05, 0.1) is 50.7 Å². The van der Waals surface area contributed by atoms with Crippen molar-refractivity contribution in [1.29, 1.82) is 15.8 Å². The molecule has 0 saturated carbocycles. The lowest BCUT2D eigenvalue weighted by Gasteiger charge is -2.38. The van der Waals surface area contributed by atoms with Crippen molar-refractivity contribution in [2.75, 3.05) is 72.9 Å². The maximum absolute atomic E-state index is 12.9. The summed E-state index contributed by atoms with van der Waals surface area (Å²) >= 11 is 0. The third-order valence-electron chi connectivity index (χ3n) is 10.0. The van der Waals surface area contributed by atoms with E-state index in [4.69, 9.17) is 28.4 Å². The monoisotopic (exact) mass is 745 g/mol. The first-order valence-corrected chi connectivity index (χ1v) is 18.8. The van der Waals surface area contributed by atoms with Gasteiger partial charge in [0.2, 0.25) is 0 Å². The summed E-state index contributed by atoms with van der Waals surface area (Å²) in [5.41, 5.74) is 3.72. The van der Waals surface area contributed by atoms with Crippen LogP contribution < -0.4 is 0 Å². The van der Waals surface area contributed by atoms with E-state index in [1.165, 1.54) is 12.8 Å². The predicted octanol–water partition coefficient (Wildman–Crippen LogP) is 5.39. The minimum atomic E-state index is -1.01. The minimum absolute atomic E-state index is 0.00632. The normalized spacial score (nSPS) is 23.1. The summed E-state index contributed by atoms with van der Waals surface area (Å²) in [6, 6.07) is 6.65. The summed E-state index contributed by atoms with van der Waals surface area (Å²) in [4.78, 5) is 29.0. The van der Waals surface area contributed by atoms with E-state index in [0.717, 1.165) is 49.7 Å². The molecule has 292 valence electrons. The molecule has 0 radical (unpaired) electrons. The number of ether oxygens (including phenoxy) is 6. The highest BCUT2D eigenvalue weighted by atomic mass is 16.7. The maximum atomic E-state index is 12.9. The van der Waals surface area contributed by atoms with Gasteiger partial charge < -0.3 is 38.2 Å². The van der Waals surface area contributed by atoms with Gasteiger partial charge in [0.15, 0.2) is 6.29 Å². The lowest BCUT2D eigenvalue weighted by Crippen LogP contribution is -2.32. The van der Waals surface area contributed by atoms with Crippen LogP contribution in [-0.2, 0) is 38.0 Å². The predicted molar refractivity (Wildman–Crippen MR) is 198 cm³/mol. The second-order valence-electron chi connectivity index (χ2n) is 15.6. The molecule has 2 saturated heterocycles. The number of methoxy groups -OCH3 is 1. The van der Waals surface area contributed by atoms with E-state index in [1.54, 1.807) is 0 Å². The van der Waals surface area contributed by atoms with Crippen molar-refractivity contribution < 1.29 is 38.0 Å². The SMILES string of the molecule is C=CC(=O)OC1CCN(C2=C(C#N)/C(=C(\C#N)C(OC)OCCOCCOCCOC(=O)/C(C#N)=C3/C=C(N4CCCC4)CC(C)(C)C3)CC(C)(C)C2)C1. The Morgan fingerprint density at radius 1 is 0.907 bits per heavy atom. The Labute approximate surface area is 320 Å². The lowest BCUT2D eigenvalue weighted by atomic mass is 9.72. The van der Waals surface area contributed by atoms with E-state index >= 15 is 0 Å². The molecule has 0 amide bonds. The number of nitriles is 3. The van der Waals surface area contributed by atoms with Crippen LogP contribution in [0.25, 0.3) is 0 Å². The van der Waals surface area contributed by atoms with Crippen molar-refractivity contribution in [1.82, 2.24) is 9.80 Å². The van der Waals surface area contributed by atoms with Gasteiger partial charge in [-0.2, -0.15) is 15.8 Å². The number of hydrogen-bond acceptors (Lipinski definition) is 13. The zero-order valence-corrected chi connectivity index (χ0v) is 32.5. The number of likely N-dealkylation sites (tertiary alicyclic amines) is 2. The summed E-state index contributed by atoms with van der Waals surface area (Å²) in [5, 5.41) is 30.4. The second kappa shape index (κ2) is 19.8. The Balaban J connectivity index is 1.23. The van der Waals surface area contributed by atoms with Gasteiger partial charge in [0.1, 0.15) is 36.5 Å². The molecular weight excluding hydrogens is 690 g/mol. The average Bonchev–Trinajstić information content (AvgIpc) is 3.84. The third kappa shape index (κ3) is 11.5. The molecule has 2 heterocycles. The van der Waals surface area contributed by atoms with Gasteiger partial charge in [-0.1, -0.05) is 34.3 Å². The van der Waals surface area contributed by atoms with Crippen LogP contribution in [-0.4, -0.2) is 107 Å². The molecule has 0 spiro atoms. The molecule has 2 fully saturated rings. The van der Waals surface area contributed by atoms with E-state index < -0.39 is 18.2 Å². The molecule has 0 aromatic rings. The molecule has 2 atom stereocenters. The van der Waals surface area contributed by atoms with Gasteiger partial charge in [-0.05, 0) is 66.6 Å². The van der Waals surface area contributed by atoms with E-state index in [2.05, 4.69) is 62.3 Å². The summed E-state index contributed by atoms with van der Waals surface area (Å²) < 4.78 is 33.6. The molecule has 0 aromatic carbocycles. The average molecular weight is 746 g/mol. The Morgan fingerprint density at radius 3 is 2.20 bits per heavy atom. The van der Waals surface area contributed by atoms with Crippen molar-refractivity contribution in [2.45, 2.75) is 85.0 Å². The second-order valence-corrected chi connectivity index (χ2v) is 15.6. The molecule has 0 aromatic heterocycles. The van der Waals surface area contributed by atoms with Crippen LogP contribution >= 0.6 is 0 Å². The zero-order chi connectivity index (χ0) is 39.3. The highest BCUT2D eigenvalue weighted by molar-refractivity contribution is 5.94. The molecule has 2 aliphatic heterocycles. The molecule has 2 aliphatic carbocycles. The first kappa shape index (κ1) is 42.3. The fraction of sp³-hybridized carbons (Fsp3) is 0.634. The highest BCUT2D eigenvalue weighted by Gasteiger charge is 2.39. The fourth-order valence-corrected chi connectivity index (χ4v) is 7.58. The molecule has 13 nitrogen and oxygen atoms in total.